The van der Waals surface area contributed by atoms with Gasteiger partial charge < -0.3 is 9.84 Å². The molecule has 1 aliphatic heterocycles. The highest BCUT2D eigenvalue weighted by Gasteiger charge is 2.61. The topological polar surface area (TPSA) is 46.5 Å². The van der Waals surface area contributed by atoms with Crippen molar-refractivity contribution in [2.45, 2.75) is 45.3 Å². The number of cyclic esters (lactones) is 1. The van der Waals surface area contributed by atoms with Gasteiger partial charge in [-0.2, -0.15) is 0 Å². The zero-order valence-electron chi connectivity index (χ0n) is 8.33. The van der Waals surface area contributed by atoms with Crippen LogP contribution in [0.25, 0.3) is 0 Å². The van der Waals surface area contributed by atoms with E-state index >= 15 is 0 Å². The van der Waals surface area contributed by atoms with Gasteiger partial charge in [0, 0.05) is 5.92 Å². The first-order chi connectivity index (χ1) is 5.85. The van der Waals surface area contributed by atoms with Crippen LogP contribution in [0, 0.1) is 11.3 Å². The van der Waals surface area contributed by atoms with E-state index in [-0.39, 0.29) is 23.4 Å². The predicted molar refractivity (Wildman–Crippen MR) is 47.0 cm³/mol. The van der Waals surface area contributed by atoms with Crippen molar-refractivity contribution in [3.8, 4) is 0 Å². The van der Waals surface area contributed by atoms with E-state index in [0.717, 1.165) is 6.42 Å². The number of fused-ring (bicyclic) bond motifs is 1. The van der Waals surface area contributed by atoms with Crippen LogP contribution in [0.1, 0.15) is 33.6 Å². The van der Waals surface area contributed by atoms with Gasteiger partial charge in [0.1, 0.15) is 5.60 Å². The summed E-state index contributed by atoms with van der Waals surface area (Å²) in [5.74, 6) is -0.0200. The normalized spacial score (nSPS) is 47.5. The third kappa shape index (κ3) is 1.10. The molecule has 0 aromatic rings. The van der Waals surface area contributed by atoms with Gasteiger partial charge in [-0.25, -0.2) is 0 Å². The summed E-state index contributed by atoms with van der Waals surface area (Å²) in [6, 6.07) is 0. The van der Waals surface area contributed by atoms with E-state index in [1.807, 2.05) is 13.8 Å². The Morgan fingerprint density at radius 1 is 1.46 bits per heavy atom. The number of hydrogen-bond acceptors (Lipinski definition) is 3. The van der Waals surface area contributed by atoms with E-state index in [0.29, 0.717) is 6.42 Å². The lowest BCUT2D eigenvalue weighted by Crippen LogP contribution is -2.64. The van der Waals surface area contributed by atoms with Gasteiger partial charge in [0.25, 0.3) is 0 Å². The van der Waals surface area contributed by atoms with Crippen molar-refractivity contribution in [2.24, 2.45) is 11.3 Å². The summed E-state index contributed by atoms with van der Waals surface area (Å²) in [5.41, 5.74) is -0.528. The van der Waals surface area contributed by atoms with E-state index in [1.165, 1.54) is 0 Å². The van der Waals surface area contributed by atoms with Gasteiger partial charge in [0.15, 0.2) is 0 Å². The summed E-state index contributed by atoms with van der Waals surface area (Å²) in [5, 5.41) is 9.64. The smallest absolute Gasteiger partial charge is 0.306 e. The molecule has 74 valence electrons. The Kier molecular flexibility index (Phi) is 1.57. The minimum absolute atomic E-state index is 0.0295. The van der Waals surface area contributed by atoms with Crippen LogP contribution in [-0.4, -0.2) is 22.8 Å². The molecular weight excluding hydrogens is 168 g/mol. The van der Waals surface area contributed by atoms with Crippen LogP contribution in [0.4, 0.5) is 0 Å². The van der Waals surface area contributed by atoms with Crippen LogP contribution in [0.2, 0.25) is 0 Å². The summed E-state index contributed by atoms with van der Waals surface area (Å²) in [4.78, 5) is 11.3. The molecule has 2 fully saturated rings. The van der Waals surface area contributed by atoms with E-state index in [2.05, 4.69) is 6.92 Å². The highest BCUT2D eigenvalue weighted by molar-refractivity contribution is 5.72. The number of aliphatic hydroxyl groups excluding tert-OH is 1. The van der Waals surface area contributed by atoms with Crippen LogP contribution in [0.15, 0.2) is 0 Å². The van der Waals surface area contributed by atoms with E-state index < -0.39 is 5.60 Å². The average Bonchev–Trinajstić information content (AvgIpc) is 1.77. The molecular formula is C10H16O3. The Balaban J connectivity index is 2.29. The van der Waals surface area contributed by atoms with Crippen molar-refractivity contribution in [1.29, 1.82) is 0 Å². The summed E-state index contributed by atoms with van der Waals surface area (Å²) in [6.07, 6.45) is 0.891. The standard InChI is InChI=1S/C10H16O3/c1-9(2)8-6(11)4-10(8,3)5-7(12)13-9/h6,8,11H,4-5H2,1-3H3/t6-,8+,10-/m0/s1. The molecule has 0 aromatic heterocycles. The second-order valence-electron chi connectivity index (χ2n) is 5.16. The zero-order chi connectivity index (χ0) is 9.85. The largest absolute Gasteiger partial charge is 0.459 e. The van der Waals surface area contributed by atoms with Crippen molar-refractivity contribution >= 4 is 5.97 Å². The van der Waals surface area contributed by atoms with Crippen LogP contribution < -0.4 is 0 Å². The Bertz CT molecular complexity index is 243. The van der Waals surface area contributed by atoms with Crippen LogP contribution >= 0.6 is 0 Å². The molecule has 13 heavy (non-hydrogen) atoms. The lowest BCUT2D eigenvalue weighted by molar-refractivity contribution is -0.238. The molecule has 0 aromatic carbocycles. The van der Waals surface area contributed by atoms with Gasteiger partial charge in [-0.1, -0.05) is 6.92 Å². The fraction of sp³-hybridized carbons (Fsp3) is 0.900. The molecule has 0 bridgehead atoms. The summed E-state index contributed by atoms with van der Waals surface area (Å²) in [7, 11) is 0. The molecule has 1 N–H and O–H groups in total. The molecule has 2 rings (SSSR count). The first-order valence-corrected chi connectivity index (χ1v) is 4.75. The number of esters is 1. The van der Waals surface area contributed by atoms with E-state index in [4.69, 9.17) is 4.74 Å². The van der Waals surface area contributed by atoms with Crippen LogP contribution in [0.5, 0.6) is 0 Å². The molecule has 3 heteroatoms. The summed E-state index contributed by atoms with van der Waals surface area (Å²) >= 11 is 0. The molecule has 1 saturated carbocycles. The molecule has 2 aliphatic rings. The molecule has 0 radical (unpaired) electrons. The summed E-state index contributed by atoms with van der Waals surface area (Å²) < 4.78 is 5.24. The number of ether oxygens (including phenoxy) is 1. The Morgan fingerprint density at radius 2 is 2.08 bits per heavy atom. The maximum absolute atomic E-state index is 11.3. The molecule has 0 unspecified atom stereocenters. The quantitative estimate of drug-likeness (QED) is 0.573. The van der Waals surface area contributed by atoms with Crippen molar-refractivity contribution in [3.63, 3.8) is 0 Å². The van der Waals surface area contributed by atoms with Gasteiger partial charge in [0.05, 0.1) is 12.5 Å². The maximum Gasteiger partial charge on any atom is 0.306 e. The minimum atomic E-state index is -0.498. The molecule has 0 spiro atoms. The average molecular weight is 184 g/mol. The number of carbonyl (C=O) groups is 1. The van der Waals surface area contributed by atoms with Crippen molar-refractivity contribution in [1.82, 2.24) is 0 Å². The number of rotatable bonds is 0. The fourth-order valence-corrected chi connectivity index (χ4v) is 3.23. The number of hydrogen-bond donors (Lipinski definition) is 1. The lowest BCUT2D eigenvalue weighted by atomic mass is 9.51. The first-order valence-electron chi connectivity index (χ1n) is 4.75. The highest BCUT2D eigenvalue weighted by atomic mass is 16.6. The van der Waals surface area contributed by atoms with Crippen molar-refractivity contribution in [2.75, 3.05) is 0 Å². The van der Waals surface area contributed by atoms with Crippen molar-refractivity contribution in [3.05, 3.63) is 0 Å². The monoisotopic (exact) mass is 184 g/mol. The molecule has 3 atom stereocenters. The predicted octanol–water partition coefficient (Wildman–Crippen LogP) is 1.10. The third-order valence-corrected chi connectivity index (χ3v) is 3.49. The zero-order valence-corrected chi connectivity index (χ0v) is 8.33. The van der Waals surface area contributed by atoms with Gasteiger partial charge >= 0.3 is 5.97 Å². The molecule has 0 amide bonds. The molecule has 3 nitrogen and oxygen atoms in total. The SMILES string of the molecule is CC1(C)OC(=O)C[C@]2(C)C[C@H](O)[C@H]12. The van der Waals surface area contributed by atoms with Crippen LogP contribution in [0.3, 0.4) is 0 Å². The molecule has 1 saturated heterocycles. The van der Waals surface area contributed by atoms with Gasteiger partial charge in [-0.3, -0.25) is 4.79 Å². The Morgan fingerprint density at radius 3 is 2.54 bits per heavy atom. The minimum Gasteiger partial charge on any atom is -0.459 e. The van der Waals surface area contributed by atoms with Gasteiger partial charge in [-0.15, -0.1) is 0 Å². The summed E-state index contributed by atoms with van der Waals surface area (Å²) in [6.45, 7) is 5.83. The van der Waals surface area contributed by atoms with E-state index in [1.54, 1.807) is 0 Å². The second-order valence-corrected chi connectivity index (χ2v) is 5.16. The number of carbonyl (C=O) groups excluding carboxylic acids is 1. The van der Waals surface area contributed by atoms with E-state index in [9.17, 15) is 9.90 Å². The Hall–Kier alpha value is -0.570. The molecule has 1 aliphatic carbocycles. The maximum atomic E-state index is 11.3. The molecule has 1 heterocycles. The lowest BCUT2D eigenvalue weighted by Gasteiger charge is -2.59. The fourth-order valence-electron chi connectivity index (χ4n) is 3.23. The first kappa shape index (κ1) is 9.00. The Labute approximate surface area is 78.1 Å². The van der Waals surface area contributed by atoms with Crippen LogP contribution in [-0.2, 0) is 9.53 Å². The second kappa shape index (κ2) is 2.27. The highest BCUT2D eigenvalue weighted by Crippen LogP contribution is 2.57. The number of aliphatic hydroxyl groups is 1. The van der Waals surface area contributed by atoms with Gasteiger partial charge in [-0.05, 0) is 25.7 Å². The van der Waals surface area contributed by atoms with Gasteiger partial charge in [0.2, 0.25) is 0 Å². The van der Waals surface area contributed by atoms with Crippen molar-refractivity contribution < 1.29 is 14.6 Å². The third-order valence-electron chi connectivity index (χ3n) is 3.49.